The molecule has 6 rings (SSSR count). The van der Waals surface area contributed by atoms with Gasteiger partial charge in [0.15, 0.2) is 17.1 Å². The lowest BCUT2D eigenvalue weighted by atomic mass is 10.0. The molecular formula is C30H23NO7. The van der Waals surface area contributed by atoms with Crippen LogP contribution in [0, 0.1) is 6.92 Å². The summed E-state index contributed by atoms with van der Waals surface area (Å²) in [6, 6.07) is 15.9. The zero-order valence-corrected chi connectivity index (χ0v) is 21.2. The van der Waals surface area contributed by atoms with Gasteiger partial charge in [-0.1, -0.05) is 12.1 Å². The van der Waals surface area contributed by atoms with Gasteiger partial charge >= 0.3 is 5.97 Å². The minimum absolute atomic E-state index is 0.0339. The summed E-state index contributed by atoms with van der Waals surface area (Å²) in [6.07, 6.45) is 3.65. The van der Waals surface area contributed by atoms with Gasteiger partial charge in [0.25, 0.3) is 0 Å². The molecule has 2 aromatic heterocycles. The Labute approximate surface area is 217 Å². The summed E-state index contributed by atoms with van der Waals surface area (Å²) < 4.78 is 29.9. The van der Waals surface area contributed by atoms with Crippen molar-refractivity contribution in [3.8, 4) is 23.0 Å². The number of para-hydroxylation sites is 1. The molecule has 38 heavy (non-hydrogen) atoms. The number of carbonyl (C=O) groups is 2. The highest BCUT2D eigenvalue weighted by Gasteiger charge is 2.31. The van der Waals surface area contributed by atoms with Crippen LogP contribution in [0.1, 0.15) is 32.0 Å². The van der Waals surface area contributed by atoms with E-state index in [1.165, 1.54) is 13.2 Å². The molecule has 0 amide bonds. The first-order chi connectivity index (χ1) is 18.4. The molecule has 1 aliphatic heterocycles. The number of Topliss-reactive ketones (excluding diaryl/α,β-unsaturated/α-hetero) is 1. The molecule has 5 aromatic rings. The number of hydrogen-bond donors (Lipinski definition) is 0. The molecule has 190 valence electrons. The van der Waals surface area contributed by atoms with Crippen molar-refractivity contribution >= 4 is 39.7 Å². The second-order valence-corrected chi connectivity index (χ2v) is 9.01. The Balaban J connectivity index is 1.30. The average molecular weight is 510 g/mol. The van der Waals surface area contributed by atoms with E-state index in [-0.39, 0.29) is 23.1 Å². The largest absolute Gasteiger partial charge is 0.497 e. The van der Waals surface area contributed by atoms with Crippen molar-refractivity contribution < 1.29 is 33.0 Å². The lowest BCUT2D eigenvalue weighted by Gasteiger charge is -2.06. The number of rotatable bonds is 5. The molecule has 0 bridgehead atoms. The van der Waals surface area contributed by atoms with Crippen molar-refractivity contribution in [2.45, 2.75) is 6.92 Å². The van der Waals surface area contributed by atoms with Gasteiger partial charge in [0.05, 0.1) is 19.8 Å². The minimum atomic E-state index is -0.674. The third-order valence-corrected chi connectivity index (χ3v) is 6.60. The van der Waals surface area contributed by atoms with Crippen LogP contribution >= 0.6 is 0 Å². The van der Waals surface area contributed by atoms with Crippen LogP contribution < -0.4 is 18.9 Å². The Bertz CT molecular complexity index is 1800. The average Bonchev–Trinajstić information content (AvgIpc) is 3.57. The van der Waals surface area contributed by atoms with E-state index in [1.807, 2.05) is 48.1 Å². The molecule has 3 aromatic carbocycles. The zero-order valence-electron chi connectivity index (χ0n) is 21.2. The monoisotopic (exact) mass is 509 g/mol. The number of hydrogen-bond acceptors (Lipinski definition) is 7. The van der Waals surface area contributed by atoms with Gasteiger partial charge in [0.2, 0.25) is 11.5 Å². The molecule has 0 radical (unpaired) electrons. The highest BCUT2D eigenvalue weighted by molar-refractivity contribution is 6.16. The van der Waals surface area contributed by atoms with Crippen molar-refractivity contribution in [3.05, 3.63) is 89.0 Å². The third kappa shape index (κ3) is 3.78. The normalized spacial score (nSPS) is 13.7. The van der Waals surface area contributed by atoms with Crippen LogP contribution in [0.3, 0.4) is 0 Å². The number of furan rings is 1. The third-order valence-electron chi connectivity index (χ3n) is 6.60. The second-order valence-electron chi connectivity index (χ2n) is 9.01. The number of aromatic nitrogens is 1. The molecule has 8 nitrogen and oxygen atoms in total. The Morgan fingerprint density at radius 1 is 1.00 bits per heavy atom. The number of carbonyl (C=O) groups excluding carboxylic acids is 2. The first-order valence-corrected chi connectivity index (χ1v) is 11.9. The van der Waals surface area contributed by atoms with Crippen LogP contribution in [-0.4, -0.2) is 30.5 Å². The summed E-state index contributed by atoms with van der Waals surface area (Å²) in [7, 11) is 5.08. The molecule has 0 N–H and O–H groups in total. The van der Waals surface area contributed by atoms with Gasteiger partial charge in [-0.05, 0) is 55.0 Å². The van der Waals surface area contributed by atoms with Gasteiger partial charge in [0.1, 0.15) is 17.2 Å². The van der Waals surface area contributed by atoms with Crippen molar-refractivity contribution in [1.82, 2.24) is 4.57 Å². The fourth-order valence-corrected chi connectivity index (χ4v) is 4.78. The lowest BCUT2D eigenvalue weighted by molar-refractivity contribution is 0.0703. The van der Waals surface area contributed by atoms with E-state index < -0.39 is 5.97 Å². The van der Waals surface area contributed by atoms with Crippen molar-refractivity contribution in [2.24, 2.45) is 7.05 Å². The van der Waals surface area contributed by atoms with Crippen LogP contribution in [0.4, 0.5) is 0 Å². The fourth-order valence-electron chi connectivity index (χ4n) is 4.78. The van der Waals surface area contributed by atoms with Gasteiger partial charge in [-0.15, -0.1) is 0 Å². The summed E-state index contributed by atoms with van der Waals surface area (Å²) in [5, 5.41) is 1.65. The van der Waals surface area contributed by atoms with Crippen molar-refractivity contribution in [2.75, 3.05) is 14.2 Å². The maximum atomic E-state index is 13.2. The maximum Gasteiger partial charge on any atom is 0.379 e. The Morgan fingerprint density at radius 2 is 1.84 bits per heavy atom. The van der Waals surface area contributed by atoms with E-state index in [2.05, 4.69) is 0 Å². The predicted octanol–water partition coefficient (Wildman–Crippen LogP) is 6.09. The number of nitrogens with zero attached hydrogens (tertiary/aromatic N) is 1. The number of ether oxygens (including phenoxy) is 4. The van der Waals surface area contributed by atoms with E-state index in [9.17, 15) is 9.59 Å². The smallest absolute Gasteiger partial charge is 0.379 e. The lowest BCUT2D eigenvalue weighted by Crippen LogP contribution is -2.07. The molecule has 0 fully saturated rings. The fraction of sp³-hybridized carbons (Fsp3) is 0.133. The summed E-state index contributed by atoms with van der Waals surface area (Å²) in [6.45, 7) is 1.77. The Kier molecular flexibility index (Phi) is 5.45. The number of fused-ring (bicyclic) bond motifs is 3. The molecule has 0 spiro atoms. The first kappa shape index (κ1) is 23.4. The summed E-state index contributed by atoms with van der Waals surface area (Å²) in [5.74, 6) is 1.11. The van der Waals surface area contributed by atoms with E-state index in [0.717, 1.165) is 27.6 Å². The van der Waals surface area contributed by atoms with E-state index in [4.69, 9.17) is 23.4 Å². The van der Waals surface area contributed by atoms with E-state index in [0.29, 0.717) is 28.2 Å². The molecule has 0 atom stereocenters. The van der Waals surface area contributed by atoms with Crippen molar-refractivity contribution in [1.29, 1.82) is 0 Å². The Hall–Kier alpha value is -4.98. The predicted molar refractivity (Wildman–Crippen MR) is 141 cm³/mol. The zero-order chi connectivity index (χ0) is 26.6. The highest BCUT2D eigenvalue weighted by Crippen LogP contribution is 2.39. The summed E-state index contributed by atoms with van der Waals surface area (Å²) in [5.41, 5.74) is 3.34. The standard InChI is InChI=1S/C30H23NO7/c1-16-10-20(36-30(33)26-11-17-6-5-7-23(35-4)29(17)38-26)14-24-27(16)28(32)25(37-24)12-18-15-31(2)22-9-8-19(34-3)13-21(18)22/h5-15H,1-4H3/b25-12-. The van der Waals surface area contributed by atoms with E-state index >= 15 is 0 Å². The molecule has 3 heterocycles. The van der Waals surface area contributed by atoms with Crippen molar-refractivity contribution in [3.63, 3.8) is 0 Å². The summed E-state index contributed by atoms with van der Waals surface area (Å²) >= 11 is 0. The van der Waals surface area contributed by atoms with Crippen LogP contribution in [0.25, 0.3) is 27.9 Å². The SMILES string of the molecule is COc1ccc2c(c1)c(/C=C1\Oc3cc(OC(=O)c4cc5cccc(OC)c5o4)cc(C)c3C1=O)cn2C. The van der Waals surface area contributed by atoms with Crippen LogP contribution in [-0.2, 0) is 7.05 Å². The number of benzene rings is 3. The van der Waals surface area contributed by atoms with Crippen LogP contribution in [0.2, 0.25) is 0 Å². The molecule has 8 heteroatoms. The first-order valence-electron chi connectivity index (χ1n) is 11.9. The minimum Gasteiger partial charge on any atom is -0.497 e. The number of esters is 1. The maximum absolute atomic E-state index is 13.2. The van der Waals surface area contributed by atoms with Gasteiger partial charge < -0.3 is 27.9 Å². The molecule has 1 aliphatic rings. The quantitative estimate of drug-likeness (QED) is 0.161. The van der Waals surface area contributed by atoms with Gasteiger partial charge in [-0.25, -0.2) is 4.79 Å². The van der Waals surface area contributed by atoms with Crippen LogP contribution in [0.5, 0.6) is 23.0 Å². The molecule has 0 saturated carbocycles. The van der Waals surface area contributed by atoms with Gasteiger partial charge in [-0.2, -0.15) is 0 Å². The summed E-state index contributed by atoms with van der Waals surface area (Å²) in [4.78, 5) is 26.1. The van der Waals surface area contributed by atoms with Gasteiger partial charge in [-0.3, -0.25) is 4.79 Å². The van der Waals surface area contributed by atoms with Crippen LogP contribution in [0.15, 0.2) is 71.0 Å². The number of aryl methyl sites for hydroxylation is 2. The molecule has 0 saturated heterocycles. The van der Waals surface area contributed by atoms with Gasteiger partial charge in [0, 0.05) is 41.2 Å². The molecular weight excluding hydrogens is 486 g/mol. The molecule has 0 aliphatic carbocycles. The topological polar surface area (TPSA) is 89.1 Å². The number of ketones is 1. The highest BCUT2D eigenvalue weighted by atomic mass is 16.6. The van der Waals surface area contributed by atoms with E-state index in [1.54, 1.807) is 38.3 Å². The second kappa shape index (κ2) is 8.85. The Morgan fingerprint density at radius 3 is 2.63 bits per heavy atom. The number of methoxy groups -OCH3 is 2. The molecule has 0 unspecified atom stereocenters. The number of allylic oxidation sites excluding steroid dienone is 1.